The zero-order valence-electron chi connectivity index (χ0n) is 18.8. The number of halogens is 1. The van der Waals surface area contributed by atoms with Gasteiger partial charge in [0.05, 0.1) is 33.6 Å². The number of esters is 1. The Morgan fingerprint density at radius 1 is 1.03 bits per heavy atom. The van der Waals surface area contributed by atoms with E-state index in [1.54, 1.807) is 29.7 Å². The van der Waals surface area contributed by atoms with Gasteiger partial charge in [0.1, 0.15) is 6.54 Å². The topological polar surface area (TPSA) is 73.6 Å². The summed E-state index contributed by atoms with van der Waals surface area (Å²) >= 11 is 7.47. The van der Waals surface area contributed by atoms with Crippen LogP contribution in [0.15, 0.2) is 83.9 Å². The zero-order chi connectivity index (χ0) is 24.4. The molecule has 2 heterocycles. The summed E-state index contributed by atoms with van der Waals surface area (Å²) in [5, 5.41) is 1.27. The quantitative estimate of drug-likeness (QED) is 0.282. The number of amides is 1. The highest BCUT2D eigenvalue weighted by atomic mass is 35.5. The summed E-state index contributed by atoms with van der Waals surface area (Å²) in [4.78, 5) is 35.5. The average Bonchev–Trinajstić information content (AvgIpc) is 3.19. The molecule has 0 bridgehead atoms. The van der Waals surface area contributed by atoms with Gasteiger partial charge < -0.3 is 9.30 Å². The van der Waals surface area contributed by atoms with E-state index in [1.807, 2.05) is 60.7 Å². The maximum Gasteiger partial charge on any atom is 0.326 e. The first-order valence-corrected chi connectivity index (χ1v) is 12.2. The van der Waals surface area contributed by atoms with Crippen molar-refractivity contribution < 1.29 is 14.3 Å². The van der Waals surface area contributed by atoms with E-state index in [0.717, 1.165) is 15.8 Å². The number of nitrogens with zero attached hydrogens (tertiary/aromatic N) is 3. The van der Waals surface area contributed by atoms with Crippen molar-refractivity contribution in [2.75, 3.05) is 6.61 Å². The monoisotopic (exact) mass is 501 g/mol. The van der Waals surface area contributed by atoms with Gasteiger partial charge in [0.15, 0.2) is 4.80 Å². The summed E-state index contributed by atoms with van der Waals surface area (Å²) in [5.74, 6) is -0.826. The van der Waals surface area contributed by atoms with Gasteiger partial charge in [0.25, 0.3) is 5.91 Å². The lowest BCUT2D eigenvalue weighted by Gasteiger charge is -2.08. The standard InChI is InChI=1S/C27H20ClN3O3S/c1-2-34-25(32)16-31-23-13-12-18(28)14-24(23)35-27(31)30-26(33)20-15-22(17-8-4-3-5-9-17)29-21-11-7-6-10-19(20)21/h3-15H,2,16H2,1H3. The van der Waals surface area contributed by atoms with E-state index in [4.69, 9.17) is 21.3 Å². The van der Waals surface area contributed by atoms with Crippen LogP contribution in [0.3, 0.4) is 0 Å². The first kappa shape index (κ1) is 23.0. The van der Waals surface area contributed by atoms with Crippen molar-refractivity contribution in [1.29, 1.82) is 0 Å². The van der Waals surface area contributed by atoms with Crippen LogP contribution in [0, 0.1) is 0 Å². The van der Waals surface area contributed by atoms with E-state index in [1.165, 1.54) is 11.3 Å². The predicted octanol–water partition coefficient (Wildman–Crippen LogP) is 5.88. The maximum atomic E-state index is 13.6. The van der Waals surface area contributed by atoms with Gasteiger partial charge in [-0.05, 0) is 37.3 Å². The van der Waals surface area contributed by atoms with E-state index in [0.29, 0.717) is 32.0 Å². The van der Waals surface area contributed by atoms with Crippen molar-refractivity contribution in [2.45, 2.75) is 13.5 Å². The number of para-hydroxylation sites is 1. The molecule has 1 amide bonds. The molecular formula is C27H20ClN3O3S. The van der Waals surface area contributed by atoms with Crippen molar-refractivity contribution in [3.63, 3.8) is 0 Å². The molecule has 174 valence electrons. The van der Waals surface area contributed by atoms with Gasteiger partial charge in [-0.25, -0.2) is 4.98 Å². The number of rotatable bonds is 5. The molecule has 0 radical (unpaired) electrons. The maximum absolute atomic E-state index is 13.6. The van der Waals surface area contributed by atoms with Crippen molar-refractivity contribution in [1.82, 2.24) is 9.55 Å². The Morgan fingerprint density at radius 3 is 2.60 bits per heavy atom. The number of pyridine rings is 1. The van der Waals surface area contributed by atoms with E-state index in [2.05, 4.69) is 4.99 Å². The van der Waals surface area contributed by atoms with E-state index in [9.17, 15) is 9.59 Å². The molecule has 6 nitrogen and oxygen atoms in total. The van der Waals surface area contributed by atoms with Gasteiger partial charge in [-0.1, -0.05) is 71.5 Å². The first-order chi connectivity index (χ1) is 17.0. The minimum atomic E-state index is -0.420. The number of carbonyl (C=O) groups excluding carboxylic acids is 2. The van der Waals surface area contributed by atoms with Crippen LogP contribution in [-0.2, 0) is 16.1 Å². The highest BCUT2D eigenvalue weighted by Gasteiger charge is 2.16. The smallest absolute Gasteiger partial charge is 0.326 e. The van der Waals surface area contributed by atoms with Crippen LogP contribution < -0.4 is 4.80 Å². The van der Waals surface area contributed by atoms with E-state index >= 15 is 0 Å². The summed E-state index contributed by atoms with van der Waals surface area (Å²) in [5.41, 5.74) is 3.48. The molecule has 2 aromatic heterocycles. The van der Waals surface area contributed by atoms with Crippen LogP contribution in [-0.4, -0.2) is 28.0 Å². The second-order valence-corrected chi connectivity index (χ2v) is 9.19. The van der Waals surface area contributed by atoms with Crippen LogP contribution in [0.4, 0.5) is 0 Å². The van der Waals surface area contributed by atoms with Crippen LogP contribution in [0.2, 0.25) is 5.02 Å². The molecule has 5 rings (SSSR count). The molecule has 35 heavy (non-hydrogen) atoms. The molecule has 8 heteroatoms. The Bertz CT molecular complexity index is 1640. The molecule has 0 aliphatic heterocycles. The van der Waals surface area contributed by atoms with Gasteiger partial charge in [0.2, 0.25) is 0 Å². The molecule has 0 atom stereocenters. The molecule has 0 N–H and O–H groups in total. The molecule has 0 aliphatic rings. The summed E-state index contributed by atoms with van der Waals surface area (Å²) in [6.45, 7) is 1.96. The van der Waals surface area contributed by atoms with Crippen LogP contribution in [0.5, 0.6) is 0 Å². The number of fused-ring (bicyclic) bond motifs is 2. The molecule has 0 saturated heterocycles. The summed E-state index contributed by atoms with van der Waals surface area (Å²) in [7, 11) is 0. The van der Waals surface area contributed by atoms with Gasteiger partial charge >= 0.3 is 5.97 Å². The fourth-order valence-corrected chi connectivity index (χ4v) is 5.18. The molecule has 3 aromatic carbocycles. The van der Waals surface area contributed by atoms with Crippen LogP contribution in [0.25, 0.3) is 32.4 Å². The second-order valence-electron chi connectivity index (χ2n) is 7.74. The Balaban J connectivity index is 1.68. The van der Waals surface area contributed by atoms with Crippen molar-refractivity contribution in [3.8, 4) is 11.3 Å². The Morgan fingerprint density at radius 2 is 1.80 bits per heavy atom. The Kier molecular flexibility index (Phi) is 6.44. The third-order valence-electron chi connectivity index (χ3n) is 5.45. The molecule has 0 aliphatic carbocycles. The number of ether oxygens (including phenoxy) is 1. The fourth-order valence-electron chi connectivity index (χ4n) is 3.88. The molecule has 0 unspecified atom stereocenters. The number of hydrogen-bond donors (Lipinski definition) is 0. The number of hydrogen-bond acceptors (Lipinski definition) is 5. The van der Waals surface area contributed by atoms with Crippen molar-refractivity contribution in [3.05, 3.63) is 94.3 Å². The fraction of sp³-hybridized carbons (Fsp3) is 0.111. The Labute approximate surface area is 210 Å². The predicted molar refractivity (Wildman–Crippen MR) is 139 cm³/mol. The highest BCUT2D eigenvalue weighted by molar-refractivity contribution is 7.16. The van der Waals surface area contributed by atoms with Gasteiger partial charge in [-0.3, -0.25) is 9.59 Å². The minimum Gasteiger partial charge on any atom is -0.465 e. The summed E-state index contributed by atoms with van der Waals surface area (Å²) in [6, 6.07) is 24.3. The number of aromatic nitrogens is 2. The molecule has 0 spiro atoms. The zero-order valence-corrected chi connectivity index (χ0v) is 20.3. The average molecular weight is 502 g/mol. The summed E-state index contributed by atoms with van der Waals surface area (Å²) in [6.07, 6.45) is 0. The molecule has 0 saturated carbocycles. The Hall–Kier alpha value is -3.81. The second kappa shape index (κ2) is 9.82. The van der Waals surface area contributed by atoms with Gasteiger partial charge in [0, 0.05) is 16.0 Å². The van der Waals surface area contributed by atoms with Crippen molar-refractivity contribution >= 4 is 55.9 Å². The third-order valence-corrected chi connectivity index (χ3v) is 6.73. The van der Waals surface area contributed by atoms with Crippen molar-refractivity contribution in [2.24, 2.45) is 4.99 Å². The minimum absolute atomic E-state index is 0.0616. The normalized spacial score (nSPS) is 11.8. The lowest BCUT2D eigenvalue weighted by molar-refractivity contribution is -0.143. The lowest BCUT2D eigenvalue weighted by atomic mass is 10.0. The number of thiazole rings is 1. The van der Waals surface area contributed by atoms with E-state index < -0.39 is 11.9 Å². The molecular weight excluding hydrogens is 482 g/mol. The van der Waals surface area contributed by atoms with Gasteiger partial charge in [-0.2, -0.15) is 4.99 Å². The van der Waals surface area contributed by atoms with Crippen LogP contribution in [0.1, 0.15) is 17.3 Å². The number of carbonyl (C=O) groups is 2. The first-order valence-electron chi connectivity index (χ1n) is 11.0. The highest BCUT2D eigenvalue weighted by Crippen LogP contribution is 2.26. The van der Waals surface area contributed by atoms with Gasteiger partial charge in [-0.15, -0.1) is 0 Å². The lowest BCUT2D eigenvalue weighted by Crippen LogP contribution is -2.23. The third kappa shape index (κ3) is 4.73. The summed E-state index contributed by atoms with van der Waals surface area (Å²) < 4.78 is 7.64. The van der Waals surface area contributed by atoms with E-state index in [-0.39, 0.29) is 13.2 Å². The SMILES string of the molecule is CCOC(=O)Cn1c(=NC(=O)c2cc(-c3ccccc3)nc3ccccc23)sc2cc(Cl)ccc21. The van der Waals surface area contributed by atoms with Crippen LogP contribution >= 0.6 is 22.9 Å². The largest absolute Gasteiger partial charge is 0.465 e. The molecule has 0 fully saturated rings. The number of benzene rings is 3. The molecule has 5 aromatic rings.